The Bertz CT molecular complexity index is 745. The van der Waals surface area contributed by atoms with E-state index in [1.165, 1.54) is 12.3 Å². The highest BCUT2D eigenvalue weighted by molar-refractivity contribution is 9.10. The summed E-state index contributed by atoms with van der Waals surface area (Å²) in [5.74, 6) is 0.442. The molecule has 0 radical (unpaired) electrons. The molecule has 0 saturated heterocycles. The third-order valence-electron chi connectivity index (χ3n) is 3.07. The number of phenols is 1. The highest BCUT2D eigenvalue weighted by Gasteiger charge is 2.04. The van der Waals surface area contributed by atoms with Gasteiger partial charge in [-0.25, -0.2) is 5.43 Å². The molecule has 0 atom stereocenters. The smallest absolute Gasteiger partial charge is 0.277 e. The number of phenolic OH excluding ortho intramolecular Hbond substituents is 1. The van der Waals surface area contributed by atoms with Crippen LogP contribution in [0.15, 0.2) is 46.0 Å². The van der Waals surface area contributed by atoms with Crippen molar-refractivity contribution in [1.29, 1.82) is 0 Å². The molecule has 0 unspecified atom stereocenters. The molecular weight excluding hydrogens is 360 g/mol. The van der Waals surface area contributed by atoms with Crippen molar-refractivity contribution < 1.29 is 14.6 Å². The zero-order valence-electron chi connectivity index (χ0n) is 12.8. The fourth-order valence-corrected chi connectivity index (χ4v) is 2.19. The number of rotatable bonds is 5. The Hall–Kier alpha value is -2.34. The van der Waals surface area contributed by atoms with Crippen molar-refractivity contribution in [3.8, 4) is 11.5 Å². The number of aromatic hydroxyl groups is 1. The van der Waals surface area contributed by atoms with E-state index in [0.29, 0.717) is 11.3 Å². The van der Waals surface area contributed by atoms with Crippen LogP contribution in [0.25, 0.3) is 0 Å². The molecule has 5 nitrogen and oxygen atoms in total. The van der Waals surface area contributed by atoms with Crippen molar-refractivity contribution in [3.63, 3.8) is 0 Å². The number of carbonyl (C=O) groups excluding carboxylic acids is 1. The highest BCUT2D eigenvalue weighted by atomic mass is 79.9. The maximum absolute atomic E-state index is 11.7. The number of hydrogen-bond donors (Lipinski definition) is 2. The molecular formula is C17H17BrN2O3. The Kier molecular flexibility index (Phi) is 5.76. The lowest BCUT2D eigenvalue weighted by Gasteiger charge is -2.08. The molecule has 0 aliphatic carbocycles. The molecule has 2 N–H and O–H groups in total. The maximum atomic E-state index is 11.7. The van der Waals surface area contributed by atoms with E-state index in [2.05, 4.69) is 26.5 Å². The van der Waals surface area contributed by atoms with E-state index in [9.17, 15) is 9.90 Å². The van der Waals surface area contributed by atoms with Crippen LogP contribution in [0.3, 0.4) is 0 Å². The van der Waals surface area contributed by atoms with E-state index >= 15 is 0 Å². The molecule has 0 aliphatic rings. The summed E-state index contributed by atoms with van der Waals surface area (Å²) in [4.78, 5) is 11.7. The summed E-state index contributed by atoms with van der Waals surface area (Å²) in [5, 5.41) is 13.3. The van der Waals surface area contributed by atoms with Gasteiger partial charge in [0.05, 0.1) is 6.21 Å². The molecule has 2 aromatic rings. The van der Waals surface area contributed by atoms with E-state index < -0.39 is 0 Å². The predicted molar refractivity (Wildman–Crippen MR) is 93.0 cm³/mol. The Morgan fingerprint density at radius 3 is 2.87 bits per heavy atom. The van der Waals surface area contributed by atoms with E-state index in [4.69, 9.17) is 4.74 Å². The number of nitrogens with zero attached hydrogens (tertiary/aromatic N) is 1. The van der Waals surface area contributed by atoms with Crippen LogP contribution in [0.2, 0.25) is 0 Å². The van der Waals surface area contributed by atoms with Crippen LogP contribution >= 0.6 is 15.9 Å². The van der Waals surface area contributed by atoms with Gasteiger partial charge in [0.15, 0.2) is 6.61 Å². The number of nitrogens with one attached hydrogen (secondary N) is 1. The molecule has 120 valence electrons. The second-order valence-corrected chi connectivity index (χ2v) is 5.91. The molecule has 2 aromatic carbocycles. The number of aryl methyl sites for hydroxylation is 2. The normalized spacial score (nSPS) is 10.7. The average molecular weight is 377 g/mol. The number of benzene rings is 2. The third kappa shape index (κ3) is 5.10. The van der Waals surface area contributed by atoms with Crippen molar-refractivity contribution in [2.24, 2.45) is 5.10 Å². The zero-order chi connectivity index (χ0) is 16.8. The fraction of sp³-hybridized carbons (Fsp3) is 0.176. The summed E-state index contributed by atoms with van der Waals surface area (Å²) in [7, 11) is 0. The monoisotopic (exact) mass is 376 g/mol. The summed E-state index contributed by atoms with van der Waals surface area (Å²) in [6, 6.07) is 10.6. The number of amides is 1. The van der Waals surface area contributed by atoms with Crippen LogP contribution in [0.1, 0.15) is 16.7 Å². The van der Waals surface area contributed by atoms with Gasteiger partial charge in [0.2, 0.25) is 0 Å². The second kappa shape index (κ2) is 7.78. The van der Waals surface area contributed by atoms with Gasteiger partial charge in [-0.05, 0) is 49.2 Å². The first-order valence-corrected chi connectivity index (χ1v) is 7.75. The van der Waals surface area contributed by atoms with Gasteiger partial charge in [0.25, 0.3) is 5.91 Å². The molecule has 0 aliphatic heterocycles. The number of ether oxygens (including phenoxy) is 1. The fourth-order valence-electron chi connectivity index (χ4n) is 1.84. The first-order valence-electron chi connectivity index (χ1n) is 6.96. The van der Waals surface area contributed by atoms with E-state index in [1.807, 2.05) is 32.0 Å². The largest absolute Gasteiger partial charge is 0.508 e. The Labute approximate surface area is 143 Å². The summed E-state index contributed by atoms with van der Waals surface area (Å²) in [6.45, 7) is 3.76. The zero-order valence-corrected chi connectivity index (χ0v) is 14.4. The van der Waals surface area contributed by atoms with E-state index in [-0.39, 0.29) is 18.3 Å². The first-order chi connectivity index (χ1) is 11.0. The predicted octanol–water partition coefficient (Wildman–Crippen LogP) is 3.30. The molecule has 2 rings (SSSR count). The standard InChI is InChI=1S/C17H17BrN2O3/c1-11-3-4-12(2)16(7-11)23-10-17(22)20-19-9-13-8-14(21)5-6-15(13)18/h3-9,21H,10H2,1-2H3,(H,20,22)/b19-9-. The van der Waals surface area contributed by atoms with Crippen molar-refractivity contribution >= 4 is 28.1 Å². The van der Waals surface area contributed by atoms with Crippen LogP contribution in [0.4, 0.5) is 0 Å². The van der Waals surface area contributed by atoms with Crippen molar-refractivity contribution in [1.82, 2.24) is 5.43 Å². The lowest BCUT2D eigenvalue weighted by atomic mass is 10.1. The molecule has 0 aromatic heterocycles. The van der Waals surface area contributed by atoms with Crippen LogP contribution in [-0.2, 0) is 4.79 Å². The van der Waals surface area contributed by atoms with Gasteiger partial charge < -0.3 is 9.84 Å². The van der Waals surface area contributed by atoms with E-state index in [0.717, 1.165) is 15.6 Å². The van der Waals surface area contributed by atoms with Gasteiger partial charge in [0, 0.05) is 10.0 Å². The SMILES string of the molecule is Cc1ccc(C)c(OCC(=O)N/N=C\c2cc(O)ccc2Br)c1. The number of carbonyl (C=O) groups is 1. The lowest BCUT2D eigenvalue weighted by Crippen LogP contribution is -2.24. The molecule has 0 spiro atoms. The molecule has 0 fully saturated rings. The molecule has 1 amide bonds. The number of hydrazone groups is 1. The minimum atomic E-state index is -0.363. The molecule has 23 heavy (non-hydrogen) atoms. The molecule has 0 bridgehead atoms. The summed E-state index contributed by atoms with van der Waals surface area (Å²) >= 11 is 3.33. The summed E-state index contributed by atoms with van der Waals surface area (Å²) < 4.78 is 6.25. The van der Waals surface area contributed by atoms with Gasteiger partial charge >= 0.3 is 0 Å². The van der Waals surface area contributed by atoms with Gasteiger partial charge in [-0.2, -0.15) is 5.10 Å². The van der Waals surface area contributed by atoms with Gasteiger partial charge in [0.1, 0.15) is 11.5 Å². The second-order valence-electron chi connectivity index (χ2n) is 5.06. The van der Waals surface area contributed by atoms with Crippen LogP contribution in [-0.4, -0.2) is 23.8 Å². The van der Waals surface area contributed by atoms with Crippen LogP contribution in [0.5, 0.6) is 11.5 Å². The third-order valence-corrected chi connectivity index (χ3v) is 3.80. The average Bonchev–Trinajstić information content (AvgIpc) is 2.51. The first kappa shape index (κ1) is 17.0. The summed E-state index contributed by atoms with van der Waals surface area (Å²) in [6.07, 6.45) is 1.44. The lowest BCUT2D eigenvalue weighted by molar-refractivity contribution is -0.123. The maximum Gasteiger partial charge on any atom is 0.277 e. The van der Waals surface area contributed by atoms with Crippen molar-refractivity contribution in [3.05, 3.63) is 57.6 Å². The highest BCUT2D eigenvalue weighted by Crippen LogP contribution is 2.20. The van der Waals surface area contributed by atoms with Gasteiger partial charge in [-0.3, -0.25) is 4.79 Å². The number of hydrogen-bond acceptors (Lipinski definition) is 4. The van der Waals surface area contributed by atoms with Crippen molar-refractivity contribution in [2.75, 3.05) is 6.61 Å². The number of halogens is 1. The minimum Gasteiger partial charge on any atom is -0.508 e. The van der Waals surface area contributed by atoms with Crippen molar-refractivity contribution in [2.45, 2.75) is 13.8 Å². The Morgan fingerprint density at radius 1 is 1.30 bits per heavy atom. The Balaban J connectivity index is 1.89. The van der Waals surface area contributed by atoms with Crippen LogP contribution < -0.4 is 10.2 Å². The summed E-state index contributed by atoms with van der Waals surface area (Å²) in [5.41, 5.74) is 5.07. The molecule has 6 heteroatoms. The van der Waals surface area contributed by atoms with E-state index in [1.54, 1.807) is 12.1 Å². The Morgan fingerprint density at radius 2 is 2.09 bits per heavy atom. The van der Waals surface area contributed by atoms with Crippen LogP contribution in [0, 0.1) is 13.8 Å². The van der Waals surface area contributed by atoms with Gasteiger partial charge in [-0.1, -0.05) is 28.1 Å². The topological polar surface area (TPSA) is 70.9 Å². The quantitative estimate of drug-likeness (QED) is 0.621. The molecule has 0 saturated carbocycles. The van der Waals surface area contributed by atoms with Gasteiger partial charge in [-0.15, -0.1) is 0 Å². The molecule has 0 heterocycles. The minimum absolute atomic E-state index is 0.122.